The Hall–Kier alpha value is -1.82. The van der Waals surface area contributed by atoms with Crippen molar-refractivity contribution in [1.82, 2.24) is 19.1 Å². The highest BCUT2D eigenvalue weighted by molar-refractivity contribution is 6.30. The third-order valence-electron chi connectivity index (χ3n) is 2.94. The largest absolute Gasteiger partial charge is 0.337 e. The number of imidazole rings is 1. The summed E-state index contributed by atoms with van der Waals surface area (Å²) >= 11 is 5.84. The predicted molar refractivity (Wildman–Crippen MR) is 72.6 cm³/mol. The molecule has 0 bridgehead atoms. The van der Waals surface area contributed by atoms with Gasteiger partial charge in [-0.15, -0.1) is 0 Å². The molecule has 19 heavy (non-hydrogen) atoms. The van der Waals surface area contributed by atoms with Gasteiger partial charge in [0.25, 0.3) is 5.56 Å². The van der Waals surface area contributed by atoms with Crippen molar-refractivity contribution in [3.8, 4) is 0 Å². The van der Waals surface area contributed by atoms with E-state index in [0.29, 0.717) is 31.5 Å². The predicted octanol–water partition coefficient (Wildman–Crippen LogP) is 1.04. The molecule has 102 valence electrons. The molecule has 0 unspecified atom stereocenters. The molecule has 0 fully saturated rings. The number of aryl methyl sites for hydroxylation is 1. The quantitative estimate of drug-likeness (QED) is 0.833. The van der Waals surface area contributed by atoms with E-state index < -0.39 is 5.69 Å². The third kappa shape index (κ3) is 2.96. The van der Waals surface area contributed by atoms with Crippen LogP contribution in [-0.2, 0) is 19.5 Å². The number of nitrogens with zero attached hydrogens (tertiary/aromatic N) is 3. The van der Waals surface area contributed by atoms with Crippen LogP contribution in [0.3, 0.4) is 0 Å². The van der Waals surface area contributed by atoms with Crippen LogP contribution in [-0.4, -0.2) is 19.1 Å². The first-order chi connectivity index (χ1) is 9.13. The van der Waals surface area contributed by atoms with Crippen LogP contribution in [0, 0.1) is 0 Å². The van der Waals surface area contributed by atoms with Gasteiger partial charge in [-0.25, -0.2) is 9.78 Å². The van der Waals surface area contributed by atoms with Crippen molar-refractivity contribution in [1.29, 1.82) is 0 Å². The van der Waals surface area contributed by atoms with Crippen molar-refractivity contribution in [2.24, 2.45) is 0 Å². The smallest absolute Gasteiger partial charge is 0.329 e. The monoisotopic (exact) mass is 282 g/mol. The molecule has 0 saturated carbocycles. The Kier molecular flexibility index (Phi) is 4.21. The Morgan fingerprint density at radius 3 is 2.79 bits per heavy atom. The number of aromatic nitrogens is 4. The molecule has 7 heteroatoms. The molecule has 2 rings (SSSR count). The van der Waals surface area contributed by atoms with Crippen LogP contribution in [0.25, 0.3) is 0 Å². The van der Waals surface area contributed by atoms with E-state index >= 15 is 0 Å². The molecular weight excluding hydrogens is 268 g/mol. The molecule has 0 saturated heterocycles. The van der Waals surface area contributed by atoms with Crippen molar-refractivity contribution < 1.29 is 0 Å². The molecular formula is C12H15ClN4O2. The van der Waals surface area contributed by atoms with Gasteiger partial charge in [0, 0.05) is 25.5 Å². The minimum Gasteiger partial charge on any atom is -0.337 e. The molecule has 0 aliphatic heterocycles. The topological polar surface area (TPSA) is 72.7 Å². The summed E-state index contributed by atoms with van der Waals surface area (Å²) in [5.41, 5.74) is -0.316. The van der Waals surface area contributed by atoms with E-state index in [1.54, 1.807) is 12.5 Å². The Morgan fingerprint density at radius 1 is 1.37 bits per heavy atom. The number of aromatic amines is 1. The maximum absolute atomic E-state index is 12.1. The van der Waals surface area contributed by atoms with E-state index in [2.05, 4.69) is 9.97 Å². The van der Waals surface area contributed by atoms with E-state index in [4.69, 9.17) is 11.6 Å². The summed E-state index contributed by atoms with van der Waals surface area (Å²) in [6.07, 6.45) is 6.40. The summed E-state index contributed by atoms with van der Waals surface area (Å²) in [5.74, 6) is 0. The molecule has 6 nitrogen and oxygen atoms in total. The second kappa shape index (κ2) is 5.88. The van der Waals surface area contributed by atoms with E-state index in [-0.39, 0.29) is 10.7 Å². The summed E-state index contributed by atoms with van der Waals surface area (Å²) in [6, 6.07) is 0. The number of nitrogens with one attached hydrogen (secondary N) is 1. The van der Waals surface area contributed by atoms with Gasteiger partial charge in [0.2, 0.25) is 0 Å². The van der Waals surface area contributed by atoms with Gasteiger partial charge in [-0.2, -0.15) is 0 Å². The molecule has 2 heterocycles. The summed E-state index contributed by atoms with van der Waals surface area (Å²) in [5, 5.41) is 0.142. The van der Waals surface area contributed by atoms with Crippen molar-refractivity contribution in [2.75, 3.05) is 0 Å². The van der Waals surface area contributed by atoms with Gasteiger partial charge in [0.1, 0.15) is 5.15 Å². The number of rotatable bonds is 5. The summed E-state index contributed by atoms with van der Waals surface area (Å²) in [4.78, 5) is 30.2. The Morgan fingerprint density at radius 2 is 2.16 bits per heavy atom. The van der Waals surface area contributed by atoms with E-state index in [1.807, 2.05) is 17.7 Å². The average Bonchev–Trinajstić information content (AvgIpc) is 2.86. The van der Waals surface area contributed by atoms with Crippen molar-refractivity contribution in [3.63, 3.8) is 0 Å². The Labute approximate surface area is 114 Å². The van der Waals surface area contributed by atoms with E-state index in [1.165, 1.54) is 4.57 Å². The summed E-state index contributed by atoms with van der Waals surface area (Å²) in [7, 11) is 0. The van der Waals surface area contributed by atoms with Crippen LogP contribution >= 0.6 is 11.6 Å². The lowest BCUT2D eigenvalue weighted by Crippen LogP contribution is -2.37. The molecule has 0 atom stereocenters. The molecule has 0 amide bonds. The van der Waals surface area contributed by atoms with Gasteiger partial charge in [-0.1, -0.05) is 18.5 Å². The van der Waals surface area contributed by atoms with Crippen molar-refractivity contribution in [2.45, 2.75) is 32.9 Å². The lowest BCUT2D eigenvalue weighted by Gasteiger charge is -2.08. The van der Waals surface area contributed by atoms with Crippen LogP contribution < -0.4 is 11.2 Å². The maximum atomic E-state index is 12.1. The number of hydrogen-bond acceptors (Lipinski definition) is 3. The van der Waals surface area contributed by atoms with Gasteiger partial charge < -0.3 is 4.57 Å². The first-order valence-electron chi connectivity index (χ1n) is 6.10. The molecule has 2 aromatic rings. The van der Waals surface area contributed by atoms with Gasteiger partial charge >= 0.3 is 5.69 Å². The maximum Gasteiger partial charge on any atom is 0.329 e. The zero-order chi connectivity index (χ0) is 13.8. The normalized spacial score (nSPS) is 10.8. The lowest BCUT2D eigenvalue weighted by molar-refractivity contribution is 0.532. The zero-order valence-corrected chi connectivity index (χ0v) is 11.4. The molecule has 2 aromatic heterocycles. The van der Waals surface area contributed by atoms with Gasteiger partial charge in [0.15, 0.2) is 0 Å². The molecule has 0 aromatic carbocycles. The number of hydrogen-bond donors (Lipinski definition) is 1. The van der Waals surface area contributed by atoms with Gasteiger partial charge in [-0.05, 0) is 12.8 Å². The fraction of sp³-hybridized carbons (Fsp3) is 0.417. The van der Waals surface area contributed by atoms with Crippen LogP contribution in [0.1, 0.15) is 18.9 Å². The standard InChI is InChI=1S/C12H15ClN4O2/c1-2-9-10(13)15-12(19)17(11(9)18)6-3-5-16-7-4-14-8-16/h4,7-8H,2-3,5-6H2,1H3,(H,15,19). The first kappa shape index (κ1) is 13.6. The first-order valence-corrected chi connectivity index (χ1v) is 6.48. The van der Waals surface area contributed by atoms with Crippen molar-refractivity contribution in [3.05, 3.63) is 50.3 Å². The van der Waals surface area contributed by atoms with E-state index in [9.17, 15) is 9.59 Å². The second-order valence-electron chi connectivity index (χ2n) is 4.19. The highest BCUT2D eigenvalue weighted by Crippen LogP contribution is 2.06. The van der Waals surface area contributed by atoms with Crippen LogP contribution in [0.2, 0.25) is 5.15 Å². The molecule has 1 N–H and O–H groups in total. The number of H-pyrrole nitrogens is 1. The highest BCUT2D eigenvalue weighted by Gasteiger charge is 2.10. The molecule has 0 spiro atoms. The minimum atomic E-state index is -0.460. The molecule has 0 aliphatic carbocycles. The lowest BCUT2D eigenvalue weighted by atomic mass is 10.2. The van der Waals surface area contributed by atoms with E-state index in [0.717, 1.165) is 0 Å². The summed E-state index contributed by atoms with van der Waals surface area (Å²) < 4.78 is 3.09. The van der Waals surface area contributed by atoms with Crippen LogP contribution in [0.4, 0.5) is 0 Å². The number of halogens is 1. The van der Waals surface area contributed by atoms with Crippen LogP contribution in [0.5, 0.6) is 0 Å². The van der Waals surface area contributed by atoms with Gasteiger partial charge in [-0.3, -0.25) is 14.3 Å². The average molecular weight is 283 g/mol. The SMILES string of the molecule is CCc1c(Cl)[nH]c(=O)n(CCCn2ccnc2)c1=O. The summed E-state index contributed by atoms with van der Waals surface area (Å²) in [6.45, 7) is 2.89. The Bertz CT molecular complexity index is 657. The molecule has 0 radical (unpaired) electrons. The minimum absolute atomic E-state index is 0.142. The van der Waals surface area contributed by atoms with Crippen LogP contribution in [0.15, 0.2) is 28.3 Å². The highest BCUT2D eigenvalue weighted by atomic mass is 35.5. The fourth-order valence-corrected chi connectivity index (χ4v) is 2.22. The fourth-order valence-electron chi connectivity index (χ4n) is 1.93. The van der Waals surface area contributed by atoms with Crippen molar-refractivity contribution >= 4 is 11.6 Å². The third-order valence-corrected chi connectivity index (χ3v) is 3.26. The Balaban J connectivity index is 2.16. The molecule has 0 aliphatic rings. The zero-order valence-electron chi connectivity index (χ0n) is 10.6. The second-order valence-corrected chi connectivity index (χ2v) is 4.57. The van der Waals surface area contributed by atoms with Gasteiger partial charge in [0.05, 0.1) is 11.9 Å².